The van der Waals surface area contributed by atoms with Crippen LogP contribution in [-0.2, 0) is 9.59 Å². The van der Waals surface area contributed by atoms with Crippen molar-refractivity contribution in [3.8, 4) is 0 Å². The lowest BCUT2D eigenvalue weighted by molar-refractivity contribution is -0.118. The summed E-state index contributed by atoms with van der Waals surface area (Å²) < 4.78 is 0.906. The van der Waals surface area contributed by atoms with E-state index >= 15 is 0 Å². The van der Waals surface area contributed by atoms with Crippen molar-refractivity contribution in [1.82, 2.24) is 10.2 Å². The largest absolute Gasteiger partial charge is 0.353 e. The standard InChI is InChI=1S/C22H28BrN3O2S/c1-3-26(4-2)20(17-9-6-5-7-10-17)14-24-21(27)15-29-16-22(28)25-19-12-8-11-18(23)13-19/h5-13,20H,3-4,14-16H2,1-2H3,(H,24,27)(H,25,28). The Bertz CT molecular complexity index is 785. The van der Waals surface area contributed by atoms with Gasteiger partial charge in [-0.2, -0.15) is 0 Å². The molecule has 7 heteroatoms. The van der Waals surface area contributed by atoms with Crippen molar-refractivity contribution in [1.29, 1.82) is 0 Å². The number of amides is 2. The van der Waals surface area contributed by atoms with Gasteiger partial charge >= 0.3 is 0 Å². The third-order valence-electron chi connectivity index (χ3n) is 4.50. The summed E-state index contributed by atoms with van der Waals surface area (Å²) >= 11 is 4.69. The van der Waals surface area contributed by atoms with E-state index in [2.05, 4.69) is 57.4 Å². The normalized spacial score (nSPS) is 11.9. The van der Waals surface area contributed by atoms with E-state index in [-0.39, 0.29) is 29.4 Å². The Morgan fingerprint density at radius 3 is 2.34 bits per heavy atom. The van der Waals surface area contributed by atoms with Crippen molar-refractivity contribution < 1.29 is 9.59 Å². The number of benzene rings is 2. The number of anilines is 1. The first-order valence-electron chi connectivity index (χ1n) is 9.72. The summed E-state index contributed by atoms with van der Waals surface area (Å²) in [5, 5.41) is 5.85. The van der Waals surface area contributed by atoms with Crippen LogP contribution in [0.4, 0.5) is 5.69 Å². The fourth-order valence-corrected chi connectivity index (χ4v) is 4.10. The summed E-state index contributed by atoms with van der Waals surface area (Å²) in [6.45, 7) is 6.63. The Morgan fingerprint density at radius 1 is 1.00 bits per heavy atom. The van der Waals surface area contributed by atoms with Crippen molar-refractivity contribution in [2.24, 2.45) is 0 Å². The molecule has 29 heavy (non-hydrogen) atoms. The van der Waals surface area contributed by atoms with Gasteiger partial charge in [0.2, 0.25) is 11.8 Å². The lowest BCUT2D eigenvalue weighted by Gasteiger charge is -2.30. The first-order chi connectivity index (χ1) is 14.0. The quantitative estimate of drug-likeness (QED) is 0.505. The fourth-order valence-electron chi connectivity index (χ4n) is 3.06. The highest BCUT2D eigenvalue weighted by Crippen LogP contribution is 2.19. The second-order valence-electron chi connectivity index (χ2n) is 6.50. The number of thioether (sulfide) groups is 1. The van der Waals surface area contributed by atoms with E-state index in [0.29, 0.717) is 6.54 Å². The molecule has 2 N–H and O–H groups in total. The lowest BCUT2D eigenvalue weighted by atomic mass is 10.1. The van der Waals surface area contributed by atoms with Crippen molar-refractivity contribution in [2.45, 2.75) is 19.9 Å². The van der Waals surface area contributed by atoms with Gasteiger partial charge < -0.3 is 10.6 Å². The Morgan fingerprint density at radius 2 is 1.69 bits per heavy atom. The number of nitrogens with one attached hydrogen (secondary N) is 2. The zero-order valence-corrected chi connectivity index (χ0v) is 19.3. The van der Waals surface area contributed by atoms with Gasteiger partial charge in [-0.05, 0) is 36.9 Å². The predicted molar refractivity (Wildman–Crippen MR) is 125 cm³/mol. The molecule has 0 aliphatic carbocycles. The van der Waals surface area contributed by atoms with E-state index < -0.39 is 0 Å². The number of hydrogen-bond acceptors (Lipinski definition) is 4. The summed E-state index contributed by atoms with van der Waals surface area (Å²) in [4.78, 5) is 26.6. The summed E-state index contributed by atoms with van der Waals surface area (Å²) in [7, 11) is 0. The number of carbonyl (C=O) groups excluding carboxylic acids is 2. The SMILES string of the molecule is CCN(CC)C(CNC(=O)CSCC(=O)Nc1cccc(Br)c1)c1ccccc1. The van der Waals surface area contributed by atoms with Crippen LogP contribution in [0, 0.1) is 0 Å². The Kier molecular flexibility index (Phi) is 10.2. The van der Waals surface area contributed by atoms with Gasteiger partial charge in [0.05, 0.1) is 17.5 Å². The molecule has 0 spiro atoms. The molecule has 2 amide bonds. The Hall–Kier alpha value is -1.83. The molecule has 0 fully saturated rings. The van der Waals surface area contributed by atoms with Crippen LogP contribution in [0.15, 0.2) is 59.1 Å². The first kappa shape index (κ1) is 23.4. The number of hydrogen-bond donors (Lipinski definition) is 2. The molecule has 0 saturated carbocycles. The minimum Gasteiger partial charge on any atom is -0.353 e. The summed E-state index contributed by atoms with van der Waals surface area (Å²) in [5.74, 6) is 0.313. The minimum absolute atomic E-state index is 0.0571. The minimum atomic E-state index is -0.119. The third-order valence-corrected chi connectivity index (χ3v) is 5.93. The van der Waals surface area contributed by atoms with Crippen molar-refractivity contribution in [3.05, 3.63) is 64.6 Å². The predicted octanol–water partition coefficient (Wildman–Crippen LogP) is 4.32. The van der Waals surface area contributed by atoms with Gasteiger partial charge in [-0.15, -0.1) is 11.8 Å². The van der Waals surface area contributed by atoms with Crippen molar-refractivity contribution in [2.75, 3.05) is 36.5 Å². The molecule has 1 atom stereocenters. The van der Waals surface area contributed by atoms with Crippen LogP contribution >= 0.6 is 27.7 Å². The highest BCUT2D eigenvalue weighted by molar-refractivity contribution is 9.10. The number of nitrogens with zero attached hydrogens (tertiary/aromatic N) is 1. The second-order valence-corrected chi connectivity index (χ2v) is 8.40. The van der Waals surface area contributed by atoms with E-state index in [1.807, 2.05) is 42.5 Å². The molecule has 0 bridgehead atoms. The van der Waals surface area contributed by atoms with Crippen molar-refractivity contribution >= 4 is 45.2 Å². The topological polar surface area (TPSA) is 61.4 Å². The molecule has 0 radical (unpaired) electrons. The molecular formula is C22H28BrN3O2S. The maximum absolute atomic E-state index is 12.3. The zero-order chi connectivity index (χ0) is 21.1. The van der Waals surface area contributed by atoms with Crippen LogP contribution in [0.5, 0.6) is 0 Å². The molecule has 1 unspecified atom stereocenters. The molecule has 0 aromatic heterocycles. The molecule has 0 aliphatic rings. The molecule has 2 aromatic rings. The molecule has 2 rings (SSSR count). The van der Waals surface area contributed by atoms with Gasteiger partial charge in [0.25, 0.3) is 0 Å². The average Bonchev–Trinajstić information content (AvgIpc) is 2.71. The van der Waals surface area contributed by atoms with Crippen molar-refractivity contribution in [3.63, 3.8) is 0 Å². The van der Waals surface area contributed by atoms with Crippen LogP contribution in [0.2, 0.25) is 0 Å². The van der Waals surface area contributed by atoms with Gasteiger partial charge in [0, 0.05) is 16.7 Å². The number of likely N-dealkylation sites (N-methyl/N-ethyl adjacent to an activating group) is 1. The molecule has 5 nitrogen and oxygen atoms in total. The van der Waals surface area contributed by atoms with Gasteiger partial charge in [-0.1, -0.05) is 66.2 Å². The van der Waals surface area contributed by atoms with Gasteiger partial charge in [-0.3, -0.25) is 14.5 Å². The summed E-state index contributed by atoms with van der Waals surface area (Å²) in [5.41, 5.74) is 1.93. The molecule has 2 aromatic carbocycles. The second kappa shape index (κ2) is 12.7. The van der Waals surface area contributed by atoms with Gasteiger partial charge in [0.1, 0.15) is 0 Å². The molecular weight excluding hydrogens is 450 g/mol. The monoisotopic (exact) mass is 477 g/mol. The lowest BCUT2D eigenvalue weighted by Crippen LogP contribution is -2.38. The fraction of sp³-hybridized carbons (Fsp3) is 0.364. The highest BCUT2D eigenvalue weighted by Gasteiger charge is 2.18. The van der Waals surface area contributed by atoms with Crippen LogP contribution < -0.4 is 10.6 Å². The average molecular weight is 478 g/mol. The Labute approximate surface area is 185 Å². The van der Waals surface area contributed by atoms with E-state index in [1.54, 1.807) is 0 Å². The molecule has 156 valence electrons. The third kappa shape index (κ3) is 8.20. The number of carbonyl (C=O) groups is 2. The maximum Gasteiger partial charge on any atom is 0.234 e. The van der Waals surface area contributed by atoms with Gasteiger partial charge in [0.15, 0.2) is 0 Å². The van der Waals surface area contributed by atoms with Crippen LogP contribution in [0.25, 0.3) is 0 Å². The van der Waals surface area contributed by atoms with E-state index in [4.69, 9.17) is 0 Å². The number of rotatable bonds is 11. The van der Waals surface area contributed by atoms with Crippen LogP contribution in [0.1, 0.15) is 25.5 Å². The van der Waals surface area contributed by atoms with Gasteiger partial charge in [-0.25, -0.2) is 0 Å². The number of halogens is 1. The zero-order valence-electron chi connectivity index (χ0n) is 16.9. The molecule has 0 aliphatic heterocycles. The van der Waals surface area contributed by atoms with Crippen LogP contribution in [-0.4, -0.2) is 47.9 Å². The van der Waals surface area contributed by atoms with E-state index in [9.17, 15) is 9.59 Å². The Balaban J connectivity index is 1.78. The smallest absolute Gasteiger partial charge is 0.234 e. The molecule has 0 saturated heterocycles. The maximum atomic E-state index is 12.3. The first-order valence-corrected chi connectivity index (χ1v) is 11.7. The van der Waals surface area contributed by atoms with E-state index in [1.165, 1.54) is 17.3 Å². The van der Waals surface area contributed by atoms with Crippen LogP contribution in [0.3, 0.4) is 0 Å². The highest BCUT2D eigenvalue weighted by atomic mass is 79.9. The summed E-state index contributed by atoms with van der Waals surface area (Å²) in [6.07, 6.45) is 0. The molecule has 0 heterocycles. The van der Waals surface area contributed by atoms with E-state index in [0.717, 1.165) is 23.2 Å². The summed E-state index contributed by atoms with van der Waals surface area (Å²) in [6, 6.07) is 17.8.